The van der Waals surface area contributed by atoms with Crippen molar-refractivity contribution in [3.8, 4) is 22.6 Å². The number of fused-ring (bicyclic) bond motifs is 1. The highest BCUT2D eigenvalue weighted by atomic mass is 16.5. The van der Waals surface area contributed by atoms with Gasteiger partial charge in [-0.1, -0.05) is 56.7 Å². The summed E-state index contributed by atoms with van der Waals surface area (Å²) in [6.45, 7) is 7.86. The van der Waals surface area contributed by atoms with E-state index in [1.165, 1.54) is 40.3 Å². The number of ether oxygens (including phenoxy) is 2. The van der Waals surface area contributed by atoms with Gasteiger partial charge in [0.05, 0.1) is 19.8 Å². The van der Waals surface area contributed by atoms with Crippen LogP contribution in [0.3, 0.4) is 0 Å². The maximum Gasteiger partial charge on any atom is 0.130 e. The molecule has 1 aliphatic heterocycles. The Hall–Kier alpha value is -2.52. The number of aryl methyl sites for hydroxylation is 1. The number of benzene rings is 3. The molecule has 0 aliphatic carbocycles. The highest BCUT2D eigenvalue weighted by molar-refractivity contribution is 6.01. The maximum atomic E-state index is 5.92. The molecule has 1 saturated heterocycles. The number of hydrogen-bond donors (Lipinski definition) is 0. The number of nitrogens with zero attached hydrogens (tertiary/aromatic N) is 1. The van der Waals surface area contributed by atoms with E-state index in [0.29, 0.717) is 0 Å². The van der Waals surface area contributed by atoms with Gasteiger partial charge in [-0.15, -0.1) is 0 Å². The molecule has 0 saturated carbocycles. The van der Waals surface area contributed by atoms with Gasteiger partial charge in [-0.2, -0.15) is 0 Å². The Kier molecular flexibility index (Phi) is 6.82. The third-order valence-electron chi connectivity index (χ3n) is 6.65. The van der Waals surface area contributed by atoms with Crippen molar-refractivity contribution in [1.82, 2.24) is 4.90 Å². The fourth-order valence-corrected chi connectivity index (χ4v) is 4.88. The molecule has 31 heavy (non-hydrogen) atoms. The van der Waals surface area contributed by atoms with Crippen LogP contribution in [0.5, 0.6) is 11.5 Å². The minimum Gasteiger partial charge on any atom is -0.496 e. The standard InChI is InChI=1S/C28H35NO2/c1-5-8-22-9-6-11-24-23(22)10-7-12-25(24)28-26(30-3)17-21(18-27(28)31-4)19-29-15-13-20(2)14-16-29/h6-7,9-12,17-18,20H,5,8,13-16,19H2,1-4H3. The first-order valence-corrected chi connectivity index (χ1v) is 11.6. The van der Waals surface area contributed by atoms with Gasteiger partial charge in [-0.3, -0.25) is 4.90 Å². The van der Waals surface area contributed by atoms with Gasteiger partial charge in [-0.05, 0) is 77.9 Å². The Balaban J connectivity index is 1.77. The fourth-order valence-electron chi connectivity index (χ4n) is 4.88. The van der Waals surface area contributed by atoms with Crippen LogP contribution in [-0.2, 0) is 13.0 Å². The Morgan fingerprint density at radius 1 is 0.903 bits per heavy atom. The summed E-state index contributed by atoms with van der Waals surface area (Å²) >= 11 is 0. The normalized spacial score (nSPS) is 15.4. The van der Waals surface area contributed by atoms with E-state index in [1.54, 1.807) is 14.2 Å². The van der Waals surface area contributed by atoms with Gasteiger partial charge in [0.2, 0.25) is 0 Å². The van der Waals surface area contributed by atoms with Crippen molar-refractivity contribution in [2.24, 2.45) is 5.92 Å². The lowest BCUT2D eigenvalue weighted by Crippen LogP contribution is -2.32. The van der Waals surface area contributed by atoms with Gasteiger partial charge in [0, 0.05) is 6.54 Å². The lowest BCUT2D eigenvalue weighted by atomic mass is 9.92. The molecule has 0 aromatic heterocycles. The van der Waals surface area contributed by atoms with Crippen molar-refractivity contribution in [3.05, 3.63) is 59.7 Å². The average Bonchev–Trinajstić information content (AvgIpc) is 2.80. The van der Waals surface area contributed by atoms with Crippen LogP contribution in [0.4, 0.5) is 0 Å². The van der Waals surface area contributed by atoms with Gasteiger partial charge in [0.25, 0.3) is 0 Å². The molecule has 1 aliphatic rings. The van der Waals surface area contributed by atoms with Crippen LogP contribution in [-0.4, -0.2) is 32.2 Å². The topological polar surface area (TPSA) is 21.7 Å². The number of hydrogen-bond acceptors (Lipinski definition) is 3. The van der Waals surface area contributed by atoms with Gasteiger partial charge in [0.1, 0.15) is 11.5 Å². The van der Waals surface area contributed by atoms with Gasteiger partial charge in [0.15, 0.2) is 0 Å². The summed E-state index contributed by atoms with van der Waals surface area (Å²) in [5.41, 5.74) is 4.86. The lowest BCUT2D eigenvalue weighted by molar-refractivity contribution is 0.185. The SMILES string of the molecule is CCCc1cccc2c(-c3c(OC)cc(CN4CCC(C)CC4)cc3OC)cccc12. The number of likely N-dealkylation sites (tertiary alicyclic amines) is 1. The first-order chi connectivity index (χ1) is 15.1. The van der Waals surface area contributed by atoms with E-state index < -0.39 is 0 Å². The fraction of sp³-hybridized carbons (Fsp3) is 0.429. The van der Waals surface area contributed by atoms with E-state index in [1.807, 2.05) is 0 Å². The second kappa shape index (κ2) is 9.74. The predicted octanol–water partition coefficient (Wildman–Crippen LogP) is 6.71. The summed E-state index contributed by atoms with van der Waals surface area (Å²) in [4.78, 5) is 2.54. The third kappa shape index (κ3) is 4.57. The molecule has 0 atom stereocenters. The molecule has 0 bridgehead atoms. The van der Waals surface area contributed by atoms with Crippen LogP contribution in [0.2, 0.25) is 0 Å². The summed E-state index contributed by atoms with van der Waals surface area (Å²) in [6.07, 6.45) is 4.79. The van der Waals surface area contributed by atoms with Gasteiger partial charge < -0.3 is 9.47 Å². The van der Waals surface area contributed by atoms with Gasteiger partial charge >= 0.3 is 0 Å². The van der Waals surface area contributed by atoms with E-state index >= 15 is 0 Å². The first kappa shape index (κ1) is 21.7. The third-order valence-corrected chi connectivity index (χ3v) is 6.65. The highest BCUT2D eigenvalue weighted by Gasteiger charge is 2.20. The van der Waals surface area contributed by atoms with Crippen molar-refractivity contribution < 1.29 is 9.47 Å². The molecule has 1 heterocycles. The molecule has 0 spiro atoms. The highest BCUT2D eigenvalue weighted by Crippen LogP contribution is 2.43. The summed E-state index contributed by atoms with van der Waals surface area (Å²) in [7, 11) is 3.52. The quantitative estimate of drug-likeness (QED) is 0.426. The van der Waals surface area contributed by atoms with Crippen LogP contribution in [0.1, 0.15) is 44.2 Å². The van der Waals surface area contributed by atoms with Crippen LogP contribution in [0.25, 0.3) is 21.9 Å². The van der Waals surface area contributed by atoms with E-state index in [2.05, 4.69) is 67.3 Å². The van der Waals surface area contributed by atoms with E-state index in [0.717, 1.165) is 55.5 Å². The second-order valence-electron chi connectivity index (χ2n) is 8.90. The van der Waals surface area contributed by atoms with Gasteiger partial charge in [-0.25, -0.2) is 0 Å². The van der Waals surface area contributed by atoms with E-state index in [9.17, 15) is 0 Å². The second-order valence-corrected chi connectivity index (χ2v) is 8.90. The summed E-state index contributed by atoms with van der Waals surface area (Å²) in [6, 6.07) is 17.6. The smallest absolute Gasteiger partial charge is 0.130 e. The van der Waals surface area contributed by atoms with Crippen LogP contribution < -0.4 is 9.47 Å². The maximum absolute atomic E-state index is 5.92. The Morgan fingerprint density at radius 2 is 1.55 bits per heavy atom. The summed E-state index contributed by atoms with van der Waals surface area (Å²) in [5, 5.41) is 2.57. The molecule has 1 fully saturated rings. The average molecular weight is 418 g/mol. The molecule has 3 aromatic carbocycles. The van der Waals surface area contributed by atoms with Crippen molar-refractivity contribution >= 4 is 10.8 Å². The molecular weight excluding hydrogens is 382 g/mol. The van der Waals surface area contributed by atoms with Crippen molar-refractivity contribution in [2.45, 2.75) is 46.1 Å². The minimum atomic E-state index is 0.839. The Morgan fingerprint density at radius 3 is 2.19 bits per heavy atom. The molecule has 3 nitrogen and oxygen atoms in total. The monoisotopic (exact) mass is 417 g/mol. The Labute approximate surface area is 187 Å². The number of piperidine rings is 1. The van der Waals surface area contributed by atoms with Crippen LogP contribution >= 0.6 is 0 Å². The zero-order valence-corrected chi connectivity index (χ0v) is 19.4. The van der Waals surface area contributed by atoms with Crippen molar-refractivity contribution in [1.29, 1.82) is 0 Å². The molecular formula is C28H35NO2. The largest absolute Gasteiger partial charge is 0.496 e. The zero-order valence-electron chi connectivity index (χ0n) is 19.4. The molecule has 164 valence electrons. The first-order valence-electron chi connectivity index (χ1n) is 11.6. The molecule has 4 rings (SSSR count). The zero-order chi connectivity index (χ0) is 21.8. The van der Waals surface area contributed by atoms with Crippen molar-refractivity contribution in [3.63, 3.8) is 0 Å². The number of methoxy groups -OCH3 is 2. The van der Waals surface area contributed by atoms with Crippen molar-refractivity contribution in [2.75, 3.05) is 27.3 Å². The molecule has 3 heteroatoms. The van der Waals surface area contributed by atoms with Crippen LogP contribution in [0.15, 0.2) is 48.5 Å². The minimum absolute atomic E-state index is 0.839. The molecule has 0 radical (unpaired) electrons. The number of rotatable bonds is 7. The molecule has 0 unspecified atom stereocenters. The lowest BCUT2D eigenvalue weighted by Gasteiger charge is -2.30. The molecule has 0 amide bonds. The molecule has 0 N–H and O–H groups in total. The predicted molar refractivity (Wildman–Crippen MR) is 130 cm³/mol. The summed E-state index contributed by atoms with van der Waals surface area (Å²) < 4.78 is 11.8. The van der Waals surface area contributed by atoms with Crippen LogP contribution in [0, 0.1) is 5.92 Å². The van der Waals surface area contributed by atoms with E-state index in [-0.39, 0.29) is 0 Å². The Bertz CT molecular complexity index is 1010. The van der Waals surface area contributed by atoms with E-state index in [4.69, 9.17) is 9.47 Å². The summed E-state index contributed by atoms with van der Waals surface area (Å²) in [5.74, 6) is 2.60. The molecule has 3 aromatic rings.